The summed E-state index contributed by atoms with van der Waals surface area (Å²) in [4.78, 5) is 4.88. The van der Waals surface area contributed by atoms with Crippen molar-refractivity contribution in [3.8, 4) is 0 Å². The maximum Gasteiger partial charge on any atom is 0.499 e. The van der Waals surface area contributed by atoms with Crippen molar-refractivity contribution in [2.75, 3.05) is 0 Å². The highest BCUT2D eigenvalue weighted by atomic mass is 19.1. The minimum atomic E-state index is -1.21. The fraction of sp³-hybridized carbons (Fsp3) is 0.464. The van der Waals surface area contributed by atoms with E-state index in [0.717, 1.165) is 41.2 Å². The molecule has 32 heavy (non-hydrogen) atoms. The SMILES string of the molecule is CCCCCCCCC/C(=C1/N=C(C)C=C1C)c1c(C)cc(C)n1B(F)c1ccccc1. The molecule has 0 unspecified atom stereocenters. The summed E-state index contributed by atoms with van der Waals surface area (Å²) in [6.07, 6.45) is 11.9. The first-order chi connectivity index (χ1) is 15.4. The van der Waals surface area contributed by atoms with E-state index in [-0.39, 0.29) is 0 Å². The summed E-state index contributed by atoms with van der Waals surface area (Å²) in [7, 11) is -1.21. The van der Waals surface area contributed by atoms with Crippen LogP contribution in [0, 0.1) is 13.8 Å². The first-order valence-corrected chi connectivity index (χ1v) is 12.3. The average molecular weight is 432 g/mol. The number of aromatic nitrogens is 1. The van der Waals surface area contributed by atoms with Crippen LogP contribution in [0.4, 0.5) is 4.32 Å². The highest BCUT2D eigenvalue weighted by Crippen LogP contribution is 2.35. The molecule has 0 fully saturated rings. The van der Waals surface area contributed by atoms with Crippen LogP contribution in [0.5, 0.6) is 0 Å². The van der Waals surface area contributed by atoms with Crippen LogP contribution in [0.25, 0.3) is 5.57 Å². The molecule has 0 radical (unpaired) electrons. The zero-order valence-electron chi connectivity index (χ0n) is 20.5. The van der Waals surface area contributed by atoms with Gasteiger partial charge in [-0.1, -0.05) is 75.8 Å². The molecule has 0 bridgehead atoms. The number of benzene rings is 1. The van der Waals surface area contributed by atoms with E-state index in [0.29, 0.717) is 5.46 Å². The number of halogens is 1. The molecule has 0 amide bonds. The van der Waals surface area contributed by atoms with Gasteiger partial charge < -0.3 is 4.48 Å². The van der Waals surface area contributed by atoms with Gasteiger partial charge in [0.05, 0.1) is 5.70 Å². The fourth-order valence-corrected chi connectivity index (χ4v) is 4.85. The Labute approximate surface area is 194 Å². The van der Waals surface area contributed by atoms with Crippen LogP contribution in [-0.4, -0.2) is 17.3 Å². The molecule has 1 aromatic heterocycles. The van der Waals surface area contributed by atoms with E-state index in [2.05, 4.69) is 32.9 Å². The molecule has 3 rings (SSSR count). The van der Waals surface area contributed by atoms with Gasteiger partial charge in [0.1, 0.15) is 0 Å². The predicted molar refractivity (Wildman–Crippen MR) is 139 cm³/mol. The summed E-state index contributed by atoms with van der Waals surface area (Å²) in [5.41, 5.74) is 8.20. The Hall–Kier alpha value is -2.36. The normalized spacial score (nSPS) is 15.1. The Morgan fingerprint density at radius 3 is 2.22 bits per heavy atom. The standard InChI is InChI=1S/C28H38BFN2/c1-6-7-8-9-10-11-15-18-26(27-21(2)19-23(4)31-27)28-22(3)20-24(5)32(28)29(30)25-16-13-12-14-17-25/h12-14,16-17,19-20H,6-11,15,18H2,1-5H3/b27-26-. The number of hydrogen-bond donors (Lipinski definition) is 0. The molecule has 0 N–H and O–H groups in total. The van der Waals surface area contributed by atoms with Crippen molar-refractivity contribution in [2.24, 2.45) is 4.99 Å². The molecule has 2 heterocycles. The second kappa shape index (κ2) is 11.5. The quantitative estimate of drug-likeness (QED) is 0.257. The van der Waals surface area contributed by atoms with Crippen LogP contribution in [-0.2, 0) is 0 Å². The molecule has 2 aromatic rings. The van der Waals surface area contributed by atoms with E-state index in [4.69, 9.17) is 4.99 Å². The molecule has 1 aromatic carbocycles. The fourth-order valence-electron chi connectivity index (χ4n) is 4.85. The van der Waals surface area contributed by atoms with Gasteiger partial charge in [0, 0.05) is 22.7 Å². The van der Waals surface area contributed by atoms with Crippen molar-refractivity contribution in [2.45, 2.75) is 86.0 Å². The Bertz CT molecular complexity index is 998. The van der Waals surface area contributed by atoms with Crippen molar-refractivity contribution in [3.63, 3.8) is 0 Å². The second-order valence-electron chi connectivity index (χ2n) is 9.21. The molecule has 0 aliphatic carbocycles. The van der Waals surface area contributed by atoms with Gasteiger partial charge in [-0.25, -0.2) is 0 Å². The van der Waals surface area contributed by atoms with E-state index < -0.39 is 7.12 Å². The lowest BCUT2D eigenvalue weighted by Crippen LogP contribution is -2.35. The number of nitrogens with zero attached hydrogens (tertiary/aromatic N) is 2. The number of unbranched alkanes of at least 4 members (excludes halogenated alkanes) is 6. The summed E-state index contributed by atoms with van der Waals surface area (Å²) in [5, 5.41) is 0. The van der Waals surface area contributed by atoms with E-state index in [1.807, 2.05) is 48.7 Å². The molecule has 0 saturated carbocycles. The number of allylic oxidation sites excluding steroid dienone is 3. The van der Waals surface area contributed by atoms with Gasteiger partial charge in [0.25, 0.3) is 0 Å². The van der Waals surface area contributed by atoms with Crippen LogP contribution < -0.4 is 5.46 Å². The Morgan fingerprint density at radius 2 is 1.59 bits per heavy atom. The minimum Gasteiger partial charge on any atom is -0.356 e. The summed E-state index contributed by atoms with van der Waals surface area (Å²) in [6, 6.07) is 11.6. The number of hydrogen-bond acceptors (Lipinski definition) is 1. The molecule has 2 nitrogen and oxygen atoms in total. The molecular formula is C28H38BFN2. The monoisotopic (exact) mass is 432 g/mol. The predicted octanol–water partition coefficient (Wildman–Crippen LogP) is 7.59. The van der Waals surface area contributed by atoms with Gasteiger partial charge in [0.2, 0.25) is 0 Å². The van der Waals surface area contributed by atoms with E-state index in [9.17, 15) is 0 Å². The van der Waals surface area contributed by atoms with E-state index >= 15 is 4.32 Å². The summed E-state index contributed by atoms with van der Waals surface area (Å²) >= 11 is 0. The summed E-state index contributed by atoms with van der Waals surface area (Å²) < 4.78 is 17.8. The third kappa shape index (κ3) is 5.71. The molecule has 0 atom stereocenters. The lowest BCUT2D eigenvalue weighted by molar-refractivity contribution is 0.593. The topological polar surface area (TPSA) is 17.3 Å². The van der Waals surface area contributed by atoms with Crippen molar-refractivity contribution in [3.05, 3.63) is 70.7 Å². The van der Waals surface area contributed by atoms with Crippen LogP contribution in [0.1, 0.15) is 89.1 Å². The van der Waals surface area contributed by atoms with Gasteiger partial charge >= 0.3 is 7.12 Å². The summed E-state index contributed by atoms with van der Waals surface area (Å²) in [5.74, 6) is 0. The molecule has 0 spiro atoms. The van der Waals surface area contributed by atoms with Crippen LogP contribution in [0.3, 0.4) is 0 Å². The zero-order chi connectivity index (χ0) is 23.1. The van der Waals surface area contributed by atoms with E-state index in [1.54, 1.807) is 0 Å². The molecule has 4 heteroatoms. The van der Waals surface area contributed by atoms with Gasteiger partial charge in [-0.3, -0.25) is 9.31 Å². The first-order valence-electron chi connectivity index (χ1n) is 12.3. The van der Waals surface area contributed by atoms with Gasteiger partial charge in [0.15, 0.2) is 0 Å². The van der Waals surface area contributed by atoms with Crippen molar-refractivity contribution >= 4 is 23.9 Å². The molecule has 1 aliphatic rings. The van der Waals surface area contributed by atoms with Crippen LogP contribution in [0.2, 0.25) is 0 Å². The Morgan fingerprint density at radius 1 is 0.938 bits per heavy atom. The van der Waals surface area contributed by atoms with E-state index in [1.165, 1.54) is 49.7 Å². The maximum atomic E-state index is 15.9. The van der Waals surface area contributed by atoms with Crippen molar-refractivity contribution in [1.29, 1.82) is 0 Å². The lowest BCUT2D eigenvalue weighted by atomic mass is 9.75. The average Bonchev–Trinajstić information content (AvgIpc) is 3.27. The molecule has 170 valence electrons. The second-order valence-corrected chi connectivity index (χ2v) is 9.21. The highest BCUT2D eigenvalue weighted by Gasteiger charge is 2.28. The largest absolute Gasteiger partial charge is 0.499 e. The zero-order valence-corrected chi connectivity index (χ0v) is 20.5. The number of aryl methyl sites for hydroxylation is 2. The number of aliphatic imine (C=N–C) groups is 1. The third-order valence-electron chi connectivity index (χ3n) is 6.41. The Kier molecular flexibility index (Phi) is 8.72. The summed E-state index contributed by atoms with van der Waals surface area (Å²) in [6.45, 7) is 10.5. The highest BCUT2D eigenvalue weighted by molar-refractivity contribution is 6.65. The van der Waals surface area contributed by atoms with Crippen LogP contribution >= 0.6 is 0 Å². The Balaban J connectivity index is 1.94. The number of rotatable bonds is 11. The molecule has 1 aliphatic heterocycles. The van der Waals surface area contributed by atoms with Gasteiger partial charge in [-0.05, 0) is 69.3 Å². The minimum absolute atomic E-state index is 0.686. The van der Waals surface area contributed by atoms with Gasteiger partial charge in [-0.2, -0.15) is 0 Å². The van der Waals surface area contributed by atoms with Crippen molar-refractivity contribution in [1.82, 2.24) is 4.48 Å². The molecular weight excluding hydrogens is 394 g/mol. The smallest absolute Gasteiger partial charge is 0.356 e. The van der Waals surface area contributed by atoms with Gasteiger partial charge in [-0.15, -0.1) is 0 Å². The van der Waals surface area contributed by atoms with Crippen LogP contribution in [0.15, 0.2) is 58.7 Å². The first kappa shape index (κ1) is 24.3. The third-order valence-corrected chi connectivity index (χ3v) is 6.41. The van der Waals surface area contributed by atoms with Crippen molar-refractivity contribution < 1.29 is 4.32 Å². The molecule has 0 saturated heterocycles. The lowest BCUT2D eigenvalue weighted by Gasteiger charge is -2.19. The maximum absolute atomic E-state index is 15.9.